The first-order valence-electron chi connectivity index (χ1n) is 11.7. The molecule has 30 heavy (non-hydrogen) atoms. The van der Waals surface area contributed by atoms with Crippen molar-refractivity contribution < 1.29 is 4.79 Å². The smallest absolute Gasteiger partial charge is 0.253 e. The van der Waals surface area contributed by atoms with Gasteiger partial charge in [-0.3, -0.25) is 9.48 Å². The summed E-state index contributed by atoms with van der Waals surface area (Å²) >= 11 is 0. The molecule has 162 valence electrons. The van der Waals surface area contributed by atoms with E-state index in [9.17, 15) is 4.79 Å². The largest absolute Gasteiger partial charge is 0.339 e. The number of carbonyl (C=O) groups is 1. The molecular formula is C25H36N4O. The van der Waals surface area contributed by atoms with Crippen LogP contribution in [-0.4, -0.2) is 58.2 Å². The summed E-state index contributed by atoms with van der Waals surface area (Å²) in [5.41, 5.74) is 4.11. The Kier molecular flexibility index (Phi) is 6.88. The fourth-order valence-electron chi connectivity index (χ4n) is 5.00. The average Bonchev–Trinajstić information content (AvgIpc) is 2.93. The average molecular weight is 409 g/mol. The van der Waals surface area contributed by atoms with E-state index in [1.165, 1.54) is 45.3 Å². The molecule has 2 aliphatic rings. The van der Waals surface area contributed by atoms with E-state index in [0.717, 1.165) is 54.4 Å². The molecule has 1 aromatic carbocycles. The molecule has 0 bridgehead atoms. The van der Waals surface area contributed by atoms with Gasteiger partial charge >= 0.3 is 0 Å². The lowest BCUT2D eigenvalue weighted by molar-refractivity contribution is 0.0668. The summed E-state index contributed by atoms with van der Waals surface area (Å²) in [6.07, 6.45) is 7.75. The van der Waals surface area contributed by atoms with Crippen molar-refractivity contribution in [2.75, 3.05) is 32.7 Å². The molecule has 2 aliphatic heterocycles. The minimum Gasteiger partial charge on any atom is -0.339 e. The molecule has 5 heteroatoms. The number of benzene rings is 1. The molecule has 1 aromatic heterocycles. The topological polar surface area (TPSA) is 41.4 Å². The van der Waals surface area contributed by atoms with Crippen molar-refractivity contribution in [1.29, 1.82) is 0 Å². The van der Waals surface area contributed by atoms with Crippen LogP contribution in [-0.2, 0) is 6.54 Å². The minimum atomic E-state index is 0.179. The highest BCUT2D eigenvalue weighted by Gasteiger charge is 2.25. The fraction of sp³-hybridized carbons (Fsp3) is 0.600. The van der Waals surface area contributed by atoms with Gasteiger partial charge in [0.1, 0.15) is 0 Å². The molecule has 4 rings (SSSR count). The standard InChI is InChI=1S/C25H36N4O/c1-20-16-21(2)29(26-20)19-23-8-7-9-24(17-23)25(30)28-14-10-22(11-15-28)18-27-12-5-3-4-6-13-27/h7-9,16-17,22H,3-6,10-15,18-19H2,1-2H3. The lowest BCUT2D eigenvalue weighted by atomic mass is 9.95. The van der Waals surface area contributed by atoms with E-state index < -0.39 is 0 Å². The summed E-state index contributed by atoms with van der Waals surface area (Å²) < 4.78 is 2.01. The predicted octanol–water partition coefficient (Wildman–Crippen LogP) is 4.28. The fourth-order valence-corrected chi connectivity index (χ4v) is 5.00. The van der Waals surface area contributed by atoms with E-state index in [-0.39, 0.29) is 5.91 Å². The first-order valence-corrected chi connectivity index (χ1v) is 11.7. The van der Waals surface area contributed by atoms with Crippen molar-refractivity contribution in [1.82, 2.24) is 19.6 Å². The maximum Gasteiger partial charge on any atom is 0.253 e. The number of carbonyl (C=O) groups excluding carboxylic acids is 1. The molecule has 3 heterocycles. The lowest BCUT2D eigenvalue weighted by Crippen LogP contribution is -2.41. The van der Waals surface area contributed by atoms with Crippen LogP contribution in [0.15, 0.2) is 30.3 Å². The Morgan fingerprint density at radius 2 is 1.73 bits per heavy atom. The van der Waals surface area contributed by atoms with E-state index >= 15 is 0 Å². The summed E-state index contributed by atoms with van der Waals surface area (Å²) in [7, 11) is 0. The SMILES string of the molecule is Cc1cc(C)n(Cc2cccc(C(=O)N3CCC(CN4CCCCCC4)CC3)c2)n1. The van der Waals surface area contributed by atoms with Crippen LogP contribution in [0, 0.1) is 19.8 Å². The Morgan fingerprint density at radius 3 is 2.40 bits per heavy atom. The van der Waals surface area contributed by atoms with Crippen molar-refractivity contribution in [3.05, 3.63) is 52.8 Å². The second kappa shape index (κ2) is 9.78. The molecule has 0 unspecified atom stereocenters. The number of amides is 1. The third-order valence-electron chi connectivity index (χ3n) is 6.73. The van der Waals surface area contributed by atoms with E-state index in [2.05, 4.69) is 34.0 Å². The summed E-state index contributed by atoms with van der Waals surface area (Å²) in [6.45, 7) is 10.3. The van der Waals surface area contributed by atoms with Crippen molar-refractivity contribution in [3.8, 4) is 0 Å². The quantitative estimate of drug-likeness (QED) is 0.742. The van der Waals surface area contributed by atoms with E-state index in [0.29, 0.717) is 6.54 Å². The van der Waals surface area contributed by atoms with Crippen LogP contribution in [0.3, 0.4) is 0 Å². The number of nitrogens with zero attached hydrogens (tertiary/aromatic N) is 4. The number of aryl methyl sites for hydroxylation is 2. The lowest BCUT2D eigenvalue weighted by Gasteiger charge is -2.34. The number of rotatable bonds is 5. The van der Waals surface area contributed by atoms with Gasteiger partial charge in [-0.2, -0.15) is 5.10 Å². The molecule has 0 aliphatic carbocycles. The molecule has 0 spiro atoms. The van der Waals surface area contributed by atoms with Gasteiger partial charge in [0.2, 0.25) is 0 Å². The zero-order chi connectivity index (χ0) is 20.9. The molecule has 0 N–H and O–H groups in total. The third-order valence-corrected chi connectivity index (χ3v) is 6.73. The Morgan fingerprint density at radius 1 is 1.00 bits per heavy atom. The Balaban J connectivity index is 1.32. The van der Waals surface area contributed by atoms with Gasteiger partial charge in [0.15, 0.2) is 0 Å². The zero-order valence-corrected chi connectivity index (χ0v) is 18.6. The zero-order valence-electron chi connectivity index (χ0n) is 18.6. The first kappa shape index (κ1) is 21.1. The van der Waals surface area contributed by atoms with Crippen molar-refractivity contribution >= 4 is 5.91 Å². The summed E-state index contributed by atoms with van der Waals surface area (Å²) in [4.78, 5) is 17.8. The van der Waals surface area contributed by atoms with Gasteiger partial charge in [0.05, 0.1) is 12.2 Å². The molecule has 5 nitrogen and oxygen atoms in total. The number of aromatic nitrogens is 2. The Labute approximate surface area is 181 Å². The number of hydrogen-bond donors (Lipinski definition) is 0. The predicted molar refractivity (Wildman–Crippen MR) is 121 cm³/mol. The molecule has 0 atom stereocenters. The Hall–Kier alpha value is -2.14. The van der Waals surface area contributed by atoms with Crippen molar-refractivity contribution in [3.63, 3.8) is 0 Å². The number of hydrogen-bond acceptors (Lipinski definition) is 3. The van der Waals surface area contributed by atoms with Gasteiger partial charge in [-0.15, -0.1) is 0 Å². The van der Waals surface area contributed by atoms with E-state index in [1.54, 1.807) is 0 Å². The van der Waals surface area contributed by atoms with Gasteiger partial charge in [-0.25, -0.2) is 0 Å². The minimum absolute atomic E-state index is 0.179. The molecule has 1 amide bonds. The highest BCUT2D eigenvalue weighted by molar-refractivity contribution is 5.94. The highest BCUT2D eigenvalue weighted by Crippen LogP contribution is 2.22. The molecule has 2 saturated heterocycles. The van der Waals surface area contributed by atoms with Crippen LogP contribution in [0.5, 0.6) is 0 Å². The van der Waals surface area contributed by atoms with Crippen molar-refractivity contribution in [2.24, 2.45) is 5.92 Å². The molecule has 2 fully saturated rings. The normalized spacial score (nSPS) is 19.1. The maximum atomic E-state index is 13.1. The second-order valence-electron chi connectivity index (χ2n) is 9.24. The van der Waals surface area contributed by atoms with Gasteiger partial charge in [0.25, 0.3) is 5.91 Å². The summed E-state index contributed by atoms with van der Waals surface area (Å²) in [6, 6.07) is 10.2. The summed E-state index contributed by atoms with van der Waals surface area (Å²) in [5, 5.41) is 4.55. The third kappa shape index (κ3) is 5.31. The molecule has 0 radical (unpaired) electrons. The van der Waals surface area contributed by atoms with Gasteiger partial charge in [-0.1, -0.05) is 25.0 Å². The highest BCUT2D eigenvalue weighted by atomic mass is 16.2. The number of piperidine rings is 1. The van der Waals surface area contributed by atoms with Crippen LogP contribution in [0.25, 0.3) is 0 Å². The van der Waals surface area contributed by atoms with Crippen molar-refractivity contribution in [2.45, 2.75) is 58.9 Å². The second-order valence-corrected chi connectivity index (χ2v) is 9.24. The van der Waals surface area contributed by atoms with Gasteiger partial charge in [0, 0.05) is 30.9 Å². The monoisotopic (exact) mass is 408 g/mol. The Bertz CT molecular complexity index is 843. The van der Waals surface area contributed by atoms with E-state index in [4.69, 9.17) is 0 Å². The number of likely N-dealkylation sites (tertiary alicyclic amines) is 2. The first-order chi connectivity index (χ1) is 14.6. The van der Waals surface area contributed by atoms with Crippen LogP contribution in [0.1, 0.15) is 65.8 Å². The van der Waals surface area contributed by atoms with Crippen LogP contribution >= 0.6 is 0 Å². The van der Waals surface area contributed by atoms with Crippen LogP contribution in [0.4, 0.5) is 0 Å². The summed E-state index contributed by atoms with van der Waals surface area (Å²) in [5.74, 6) is 0.919. The maximum absolute atomic E-state index is 13.1. The molecule has 0 saturated carbocycles. The molecular weight excluding hydrogens is 372 g/mol. The van der Waals surface area contributed by atoms with Crippen LogP contribution in [0.2, 0.25) is 0 Å². The van der Waals surface area contributed by atoms with Crippen LogP contribution < -0.4 is 0 Å². The van der Waals surface area contributed by atoms with Gasteiger partial charge < -0.3 is 9.80 Å². The van der Waals surface area contributed by atoms with E-state index in [1.807, 2.05) is 29.8 Å². The molecule has 2 aromatic rings. The van der Waals surface area contributed by atoms with Gasteiger partial charge in [-0.05, 0) is 82.3 Å².